The Balaban J connectivity index is 2.19. The number of carboxylic acids is 1. The molecule has 0 aromatic carbocycles. The maximum Gasteiger partial charge on any atom is 0.306 e. The first-order valence-corrected chi connectivity index (χ1v) is 7.39. The molecular weight excluding hydrogens is 238 g/mol. The van der Waals surface area contributed by atoms with Crippen LogP contribution in [0.3, 0.4) is 0 Å². The third-order valence-corrected chi connectivity index (χ3v) is 4.09. The van der Waals surface area contributed by atoms with E-state index in [9.17, 15) is 9.59 Å². The van der Waals surface area contributed by atoms with Crippen LogP contribution >= 0.6 is 11.8 Å². The summed E-state index contributed by atoms with van der Waals surface area (Å²) in [5.41, 5.74) is 0. The summed E-state index contributed by atoms with van der Waals surface area (Å²) in [6.45, 7) is 3.34. The van der Waals surface area contributed by atoms with Crippen LogP contribution in [0, 0.1) is 5.92 Å². The molecule has 1 heterocycles. The van der Waals surface area contributed by atoms with Crippen LogP contribution in [-0.2, 0) is 9.59 Å². The number of hydrogen-bond donors (Lipinski definition) is 1. The highest BCUT2D eigenvalue weighted by atomic mass is 32.2. The van der Waals surface area contributed by atoms with Gasteiger partial charge in [0.1, 0.15) is 0 Å². The number of likely N-dealkylation sites (tertiary alicyclic amines) is 1. The lowest BCUT2D eigenvalue weighted by Gasteiger charge is -2.30. The first kappa shape index (κ1) is 14.4. The van der Waals surface area contributed by atoms with Gasteiger partial charge in [-0.2, -0.15) is 11.8 Å². The minimum absolute atomic E-state index is 0.162. The molecular formula is C12H21NO3S. The predicted octanol–water partition coefficient (Wildman–Crippen LogP) is 1.84. The number of nitrogens with zero attached hydrogens (tertiary/aromatic N) is 1. The molecule has 0 aromatic rings. The maximum absolute atomic E-state index is 11.8. The Hall–Kier alpha value is -0.710. The summed E-state index contributed by atoms with van der Waals surface area (Å²) in [5.74, 6) is 0.752. The Morgan fingerprint density at radius 2 is 2.00 bits per heavy atom. The fraction of sp³-hybridized carbons (Fsp3) is 0.833. The molecule has 0 unspecified atom stereocenters. The van der Waals surface area contributed by atoms with E-state index in [1.807, 2.05) is 0 Å². The van der Waals surface area contributed by atoms with Gasteiger partial charge in [0.05, 0.1) is 11.7 Å². The first-order valence-electron chi connectivity index (χ1n) is 6.23. The van der Waals surface area contributed by atoms with E-state index in [4.69, 9.17) is 5.11 Å². The van der Waals surface area contributed by atoms with Gasteiger partial charge >= 0.3 is 5.97 Å². The van der Waals surface area contributed by atoms with Crippen molar-refractivity contribution in [2.45, 2.75) is 32.6 Å². The number of carboxylic acid groups (broad SMARTS) is 1. The van der Waals surface area contributed by atoms with Gasteiger partial charge in [0, 0.05) is 13.1 Å². The van der Waals surface area contributed by atoms with Crippen molar-refractivity contribution in [3.05, 3.63) is 0 Å². The lowest BCUT2D eigenvalue weighted by molar-refractivity contribution is -0.145. The van der Waals surface area contributed by atoms with Gasteiger partial charge < -0.3 is 10.0 Å². The minimum Gasteiger partial charge on any atom is -0.481 e. The quantitative estimate of drug-likeness (QED) is 0.740. The number of unbranched alkanes of at least 4 members (excludes halogenated alkanes) is 1. The van der Waals surface area contributed by atoms with E-state index in [-0.39, 0.29) is 11.8 Å². The molecule has 1 aliphatic rings. The highest BCUT2D eigenvalue weighted by molar-refractivity contribution is 7.99. The Labute approximate surface area is 107 Å². The number of hydrogen-bond acceptors (Lipinski definition) is 3. The Morgan fingerprint density at radius 3 is 2.53 bits per heavy atom. The molecule has 4 nitrogen and oxygen atoms in total. The van der Waals surface area contributed by atoms with Gasteiger partial charge in [-0.05, 0) is 25.0 Å². The number of rotatable bonds is 6. The lowest BCUT2D eigenvalue weighted by Crippen LogP contribution is -2.41. The molecule has 1 fully saturated rings. The summed E-state index contributed by atoms with van der Waals surface area (Å²) in [5, 5.41) is 8.86. The summed E-state index contributed by atoms with van der Waals surface area (Å²) in [6.07, 6.45) is 3.51. The predicted molar refractivity (Wildman–Crippen MR) is 69.2 cm³/mol. The molecule has 0 spiro atoms. The minimum atomic E-state index is -0.727. The summed E-state index contributed by atoms with van der Waals surface area (Å²) >= 11 is 1.68. The molecule has 1 saturated heterocycles. The standard InChI is InChI=1S/C12H21NO3S/c1-2-3-8-17-9-11(14)13-6-4-10(5-7-13)12(15)16/h10H,2-9H2,1H3,(H,15,16). The molecule has 5 heteroatoms. The molecule has 17 heavy (non-hydrogen) atoms. The van der Waals surface area contributed by atoms with Gasteiger partial charge in [-0.3, -0.25) is 9.59 Å². The topological polar surface area (TPSA) is 57.6 Å². The van der Waals surface area contributed by atoms with Crippen molar-refractivity contribution in [3.63, 3.8) is 0 Å². The smallest absolute Gasteiger partial charge is 0.306 e. The molecule has 1 amide bonds. The lowest BCUT2D eigenvalue weighted by atomic mass is 9.97. The third kappa shape index (κ3) is 4.98. The van der Waals surface area contributed by atoms with Crippen molar-refractivity contribution >= 4 is 23.6 Å². The average Bonchev–Trinajstić information content (AvgIpc) is 2.34. The van der Waals surface area contributed by atoms with Crippen LogP contribution < -0.4 is 0 Å². The van der Waals surface area contributed by atoms with Crippen molar-refractivity contribution in [2.24, 2.45) is 5.92 Å². The molecule has 0 atom stereocenters. The van der Waals surface area contributed by atoms with Crippen molar-refractivity contribution in [2.75, 3.05) is 24.6 Å². The first-order chi connectivity index (χ1) is 8.15. The number of thioether (sulfide) groups is 1. The molecule has 1 rings (SSSR count). The third-order valence-electron chi connectivity index (χ3n) is 3.06. The second-order valence-corrected chi connectivity index (χ2v) is 5.50. The number of aliphatic carboxylic acids is 1. The van der Waals surface area contributed by atoms with Crippen molar-refractivity contribution in [3.8, 4) is 0 Å². The van der Waals surface area contributed by atoms with Crippen LogP contribution in [0.15, 0.2) is 0 Å². The van der Waals surface area contributed by atoms with Crippen LogP contribution in [0.5, 0.6) is 0 Å². The van der Waals surface area contributed by atoms with E-state index in [1.54, 1.807) is 16.7 Å². The zero-order valence-electron chi connectivity index (χ0n) is 10.4. The second-order valence-electron chi connectivity index (χ2n) is 4.40. The zero-order valence-corrected chi connectivity index (χ0v) is 11.2. The highest BCUT2D eigenvalue weighted by Crippen LogP contribution is 2.18. The highest BCUT2D eigenvalue weighted by Gasteiger charge is 2.26. The van der Waals surface area contributed by atoms with Gasteiger partial charge in [-0.1, -0.05) is 13.3 Å². The van der Waals surface area contributed by atoms with Crippen LogP contribution in [0.2, 0.25) is 0 Å². The molecule has 1 N–H and O–H groups in total. The van der Waals surface area contributed by atoms with E-state index in [0.717, 1.165) is 18.6 Å². The normalized spacial score (nSPS) is 17.1. The van der Waals surface area contributed by atoms with E-state index >= 15 is 0 Å². The van der Waals surface area contributed by atoms with Crippen molar-refractivity contribution in [1.29, 1.82) is 0 Å². The van der Waals surface area contributed by atoms with Crippen LogP contribution in [0.25, 0.3) is 0 Å². The van der Waals surface area contributed by atoms with Gasteiger partial charge in [-0.15, -0.1) is 0 Å². The van der Waals surface area contributed by atoms with E-state index < -0.39 is 5.97 Å². The number of carbonyl (C=O) groups excluding carboxylic acids is 1. The van der Waals surface area contributed by atoms with Gasteiger partial charge in [0.2, 0.25) is 5.91 Å². The van der Waals surface area contributed by atoms with Crippen LogP contribution in [0.4, 0.5) is 0 Å². The Morgan fingerprint density at radius 1 is 1.35 bits per heavy atom. The molecule has 0 bridgehead atoms. The van der Waals surface area contributed by atoms with E-state index in [0.29, 0.717) is 31.7 Å². The molecule has 1 aliphatic heterocycles. The average molecular weight is 259 g/mol. The van der Waals surface area contributed by atoms with Gasteiger partial charge in [-0.25, -0.2) is 0 Å². The van der Waals surface area contributed by atoms with Gasteiger partial charge in [0.25, 0.3) is 0 Å². The SMILES string of the molecule is CCCCSCC(=O)N1CCC(C(=O)O)CC1. The Kier molecular flexibility index (Phi) is 6.40. The molecule has 0 aromatic heterocycles. The number of carbonyl (C=O) groups is 2. The molecule has 0 saturated carbocycles. The van der Waals surface area contributed by atoms with E-state index in [2.05, 4.69) is 6.92 Å². The fourth-order valence-electron chi connectivity index (χ4n) is 1.87. The molecule has 0 radical (unpaired) electrons. The van der Waals surface area contributed by atoms with E-state index in [1.165, 1.54) is 0 Å². The van der Waals surface area contributed by atoms with Crippen LogP contribution in [-0.4, -0.2) is 46.5 Å². The van der Waals surface area contributed by atoms with Crippen LogP contribution in [0.1, 0.15) is 32.6 Å². The fourth-order valence-corrected chi connectivity index (χ4v) is 2.87. The second kappa shape index (κ2) is 7.58. The zero-order chi connectivity index (χ0) is 12.7. The number of piperidine rings is 1. The summed E-state index contributed by atoms with van der Waals surface area (Å²) in [7, 11) is 0. The summed E-state index contributed by atoms with van der Waals surface area (Å²) < 4.78 is 0. The maximum atomic E-state index is 11.8. The number of amides is 1. The Bertz CT molecular complexity index is 262. The largest absolute Gasteiger partial charge is 0.481 e. The van der Waals surface area contributed by atoms with Gasteiger partial charge in [0.15, 0.2) is 0 Å². The molecule has 98 valence electrons. The van der Waals surface area contributed by atoms with Crippen molar-refractivity contribution in [1.82, 2.24) is 4.90 Å². The molecule has 0 aliphatic carbocycles. The monoisotopic (exact) mass is 259 g/mol. The summed E-state index contributed by atoms with van der Waals surface area (Å²) in [6, 6.07) is 0. The summed E-state index contributed by atoms with van der Waals surface area (Å²) in [4.78, 5) is 24.4. The van der Waals surface area contributed by atoms with Crippen molar-refractivity contribution < 1.29 is 14.7 Å².